The van der Waals surface area contributed by atoms with Gasteiger partial charge in [-0.25, -0.2) is 0 Å². The lowest BCUT2D eigenvalue weighted by atomic mass is 10.1. The van der Waals surface area contributed by atoms with Crippen molar-refractivity contribution < 1.29 is 14.2 Å². The van der Waals surface area contributed by atoms with Gasteiger partial charge in [0.2, 0.25) is 11.3 Å². The predicted octanol–water partition coefficient (Wildman–Crippen LogP) is 2.58. The Morgan fingerprint density at radius 3 is 2.00 bits per heavy atom. The van der Waals surface area contributed by atoms with Gasteiger partial charge in [-0.15, -0.1) is 0 Å². The van der Waals surface area contributed by atoms with E-state index in [2.05, 4.69) is 0 Å². The molecule has 5 heteroatoms. The molecule has 0 saturated heterocycles. The molecule has 116 valence electrons. The molecule has 5 nitrogen and oxygen atoms in total. The molecule has 0 atom stereocenters. The average molecular weight is 301 g/mol. The van der Waals surface area contributed by atoms with Crippen LogP contribution in [-0.4, -0.2) is 25.9 Å². The van der Waals surface area contributed by atoms with Crippen molar-refractivity contribution in [1.29, 1.82) is 0 Å². The Morgan fingerprint density at radius 2 is 1.50 bits per heavy atom. The van der Waals surface area contributed by atoms with E-state index in [1.807, 2.05) is 24.3 Å². The van der Waals surface area contributed by atoms with Gasteiger partial charge in [-0.2, -0.15) is 0 Å². The van der Waals surface area contributed by atoms with Gasteiger partial charge in [-0.3, -0.25) is 4.79 Å². The van der Waals surface area contributed by atoms with Crippen molar-refractivity contribution in [3.63, 3.8) is 0 Å². The second kappa shape index (κ2) is 6.85. The molecule has 0 aliphatic rings. The van der Waals surface area contributed by atoms with E-state index in [0.29, 0.717) is 17.2 Å². The Bertz CT molecular complexity index is 722. The van der Waals surface area contributed by atoms with E-state index in [1.165, 1.54) is 10.6 Å². The Balaban J connectivity index is 2.38. The number of hydrogen-bond acceptors (Lipinski definition) is 4. The number of pyridine rings is 1. The summed E-state index contributed by atoms with van der Waals surface area (Å²) in [5.41, 5.74) is 1.80. The fourth-order valence-corrected chi connectivity index (χ4v) is 2.10. The average Bonchev–Trinajstić information content (AvgIpc) is 2.54. The van der Waals surface area contributed by atoms with Crippen molar-refractivity contribution in [2.24, 2.45) is 7.05 Å². The lowest BCUT2D eigenvalue weighted by Gasteiger charge is -2.12. The third-order valence-corrected chi connectivity index (χ3v) is 3.26. The third-order valence-electron chi connectivity index (χ3n) is 3.26. The van der Waals surface area contributed by atoms with E-state index in [0.717, 1.165) is 11.1 Å². The number of ether oxygens (including phenoxy) is 3. The summed E-state index contributed by atoms with van der Waals surface area (Å²) in [6, 6.07) is 7.03. The van der Waals surface area contributed by atoms with Crippen LogP contribution in [0.2, 0.25) is 0 Å². The molecule has 0 unspecified atom stereocenters. The Kier molecular flexibility index (Phi) is 4.88. The van der Waals surface area contributed by atoms with Crippen LogP contribution in [0.4, 0.5) is 0 Å². The number of methoxy groups -OCH3 is 3. The van der Waals surface area contributed by atoms with Gasteiger partial charge in [0, 0.05) is 19.3 Å². The second-order valence-electron chi connectivity index (χ2n) is 4.70. The molecule has 0 saturated carbocycles. The second-order valence-corrected chi connectivity index (χ2v) is 4.70. The first kappa shape index (κ1) is 15.7. The number of aromatic nitrogens is 1. The van der Waals surface area contributed by atoms with Crippen LogP contribution in [0.15, 0.2) is 35.3 Å². The fraction of sp³-hybridized carbons (Fsp3) is 0.235. The smallest absolute Gasteiger partial charge is 0.250 e. The highest BCUT2D eigenvalue weighted by Crippen LogP contribution is 2.38. The summed E-state index contributed by atoms with van der Waals surface area (Å²) in [7, 11) is 6.45. The first-order chi connectivity index (χ1) is 10.6. The maximum absolute atomic E-state index is 11.4. The van der Waals surface area contributed by atoms with Gasteiger partial charge in [0.1, 0.15) is 0 Å². The lowest BCUT2D eigenvalue weighted by molar-refractivity contribution is 0.324. The van der Waals surface area contributed by atoms with E-state index >= 15 is 0 Å². The summed E-state index contributed by atoms with van der Waals surface area (Å²) in [6.07, 6.45) is 5.61. The first-order valence-corrected chi connectivity index (χ1v) is 6.74. The van der Waals surface area contributed by atoms with Crippen molar-refractivity contribution in [3.8, 4) is 17.2 Å². The number of benzene rings is 1. The highest BCUT2D eigenvalue weighted by atomic mass is 16.5. The van der Waals surface area contributed by atoms with Crippen LogP contribution in [0, 0.1) is 0 Å². The van der Waals surface area contributed by atoms with Gasteiger partial charge < -0.3 is 18.8 Å². The molecule has 0 spiro atoms. The Labute approximate surface area is 129 Å². The number of nitrogens with zero attached hydrogens (tertiary/aromatic N) is 1. The van der Waals surface area contributed by atoms with Crippen molar-refractivity contribution in [3.05, 3.63) is 51.9 Å². The molecular weight excluding hydrogens is 282 g/mol. The third kappa shape index (κ3) is 3.31. The van der Waals surface area contributed by atoms with Crippen molar-refractivity contribution >= 4 is 12.2 Å². The van der Waals surface area contributed by atoms with Gasteiger partial charge in [-0.05, 0) is 29.3 Å². The zero-order valence-corrected chi connectivity index (χ0v) is 13.1. The zero-order valence-electron chi connectivity index (χ0n) is 13.1. The molecule has 0 radical (unpaired) electrons. The normalized spacial score (nSPS) is 10.7. The van der Waals surface area contributed by atoms with Crippen LogP contribution < -0.4 is 19.8 Å². The van der Waals surface area contributed by atoms with E-state index in [4.69, 9.17) is 14.2 Å². The van der Waals surface area contributed by atoms with Crippen LogP contribution >= 0.6 is 0 Å². The lowest BCUT2D eigenvalue weighted by Crippen LogP contribution is -2.13. The molecule has 22 heavy (non-hydrogen) atoms. The summed E-state index contributed by atoms with van der Waals surface area (Å²) in [6.45, 7) is 0. The number of aryl methyl sites for hydroxylation is 1. The summed E-state index contributed by atoms with van der Waals surface area (Å²) >= 11 is 0. The van der Waals surface area contributed by atoms with Crippen molar-refractivity contribution in [2.75, 3.05) is 21.3 Å². The predicted molar refractivity (Wildman–Crippen MR) is 86.7 cm³/mol. The van der Waals surface area contributed by atoms with Gasteiger partial charge in [0.15, 0.2) is 11.5 Å². The Morgan fingerprint density at radius 1 is 0.909 bits per heavy atom. The molecule has 2 rings (SSSR count). The van der Waals surface area contributed by atoms with Gasteiger partial charge >= 0.3 is 0 Å². The van der Waals surface area contributed by atoms with E-state index < -0.39 is 0 Å². The quantitative estimate of drug-likeness (QED) is 0.851. The Hall–Kier alpha value is -2.69. The minimum absolute atomic E-state index is 0.0371. The van der Waals surface area contributed by atoms with E-state index in [-0.39, 0.29) is 5.56 Å². The van der Waals surface area contributed by atoms with Crippen LogP contribution in [0.1, 0.15) is 11.1 Å². The topological polar surface area (TPSA) is 49.7 Å². The van der Waals surface area contributed by atoms with E-state index in [9.17, 15) is 4.79 Å². The molecular formula is C17H19NO4. The minimum atomic E-state index is -0.0371. The van der Waals surface area contributed by atoms with Crippen LogP contribution in [0.3, 0.4) is 0 Å². The standard InChI is InChI=1S/C17H19NO4/c1-18-11-12(7-8-16(18)19)5-6-13-9-14(20-2)17(22-4)15(10-13)21-3/h5-11H,1-4H3/b6-5-. The minimum Gasteiger partial charge on any atom is -0.493 e. The van der Waals surface area contributed by atoms with Gasteiger partial charge in [0.25, 0.3) is 0 Å². The van der Waals surface area contributed by atoms with E-state index in [1.54, 1.807) is 40.6 Å². The van der Waals surface area contributed by atoms with Crippen LogP contribution in [-0.2, 0) is 7.05 Å². The van der Waals surface area contributed by atoms with Crippen LogP contribution in [0.25, 0.3) is 12.2 Å². The maximum Gasteiger partial charge on any atom is 0.250 e. The molecule has 0 aliphatic carbocycles. The highest BCUT2D eigenvalue weighted by molar-refractivity contribution is 5.72. The molecule has 1 aromatic carbocycles. The zero-order chi connectivity index (χ0) is 16.1. The highest BCUT2D eigenvalue weighted by Gasteiger charge is 2.11. The van der Waals surface area contributed by atoms with Crippen LogP contribution in [0.5, 0.6) is 17.2 Å². The summed E-state index contributed by atoms with van der Waals surface area (Å²) in [4.78, 5) is 11.4. The van der Waals surface area contributed by atoms with Gasteiger partial charge in [0.05, 0.1) is 21.3 Å². The molecule has 2 aromatic rings. The van der Waals surface area contributed by atoms with Crippen molar-refractivity contribution in [2.45, 2.75) is 0 Å². The largest absolute Gasteiger partial charge is 0.493 e. The maximum atomic E-state index is 11.4. The summed E-state index contributed by atoms with van der Waals surface area (Å²) < 4.78 is 17.5. The molecule has 0 fully saturated rings. The molecule has 0 bridgehead atoms. The molecule has 0 aliphatic heterocycles. The summed E-state index contributed by atoms with van der Waals surface area (Å²) in [5.74, 6) is 1.76. The van der Waals surface area contributed by atoms with Crippen molar-refractivity contribution in [1.82, 2.24) is 4.57 Å². The number of hydrogen-bond donors (Lipinski definition) is 0. The van der Waals surface area contributed by atoms with Gasteiger partial charge in [-0.1, -0.05) is 12.2 Å². The monoisotopic (exact) mass is 301 g/mol. The molecule has 0 amide bonds. The molecule has 1 heterocycles. The SMILES string of the molecule is COc1cc(/C=C\c2ccc(=O)n(C)c2)cc(OC)c1OC. The fourth-order valence-electron chi connectivity index (χ4n) is 2.10. The number of rotatable bonds is 5. The first-order valence-electron chi connectivity index (χ1n) is 6.74. The molecule has 0 N–H and O–H groups in total. The molecule has 1 aromatic heterocycles. The summed E-state index contributed by atoms with van der Waals surface area (Å²) in [5, 5.41) is 0.